The van der Waals surface area contributed by atoms with Gasteiger partial charge in [0, 0.05) is 49.9 Å². The molecule has 3 heterocycles. The number of anilines is 2. The number of thioether (sulfide) groups is 1. The van der Waals surface area contributed by atoms with Crippen LogP contribution in [0.2, 0.25) is 0 Å². The predicted molar refractivity (Wildman–Crippen MR) is 147 cm³/mol. The summed E-state index contributed by atoms with van der Waals surface area (Å²) >= 11 is 3.45. The number of hydrogen-bond donors (Lipinski definition) is 0. The number of aryl methyl sites for hydroxylation is 1. The zero-order valence-electron chi connectivity index (χ0n) is 20.8. The lowest BCUT2D eigenvalue weighted by Crippen LogP contribution is -2.50. The average Bonchev–Trinajstić information content (AvgIpc) is 3.35. The van der Waals surface area contributed by atoms with E-state index in [9.17, 15) is 4.79 Å². The molecule has 0 aliphatic carbocycles. The Balaban J connectivity index is 1.06. The van der Waals surface area contributed by atoms with Crippen molar-refractivity contribution in [1.29, 1.82) is 5.26 Å². The lowest BCUT2D eigenvalue weighted by Gasteiger charge is -2.36. The molecule has 7 nitrogen and oxygen atoms in total. The Hall–Kier alpha value is -2.80. The van der Waals surface area contributed by atoms with Crippen molar-refractivity contribution in [2.45, 2.75) is 30.8 Å². The molecule has 0 radical (unpaired) electrons. The number of carbonyl (C=O) groups excluding carboxylic acids is 1. The SMILES string of the molecule is CSc1ccc2sc(N3CCN(C(=O)COC4CCN(c5ccc(C#N)c(C)c5)CC4)CC3)nc2c1. The fourth-order valence-electron chi connectivity index (χ4n) is 4.84. The van der Waals surface area contributed by atoms with Gasteiger partial charge in [0.05, 0.1) is 28.0 Å². The van der Waals surface area contributed by atoms with Crippen LogP contribution in [0.25, 0.3) is 10.2 Å². The van der Waals surface area contributed by atoms with Crippen LogP contribution in [0.3, 0.4) is 0 Å². The number of thiazole rings is 1. The van der Waals surface area contributed by atoms with Gasteiger partial charge in [-0.15, -0.1) is 11.8 Å². The van der Waals surface area contributed by atoms with Gasteiger partial charge in [-0.1, -0.05) is 11.3 Å². The monoisotopic (exact) mass is 521 g/mol. The number of piperazine rings is 1. The quantitative estimate of drug-likeness (QED) is 0.441. The van der Waals surface area contributed by atoms with Crippen LogP contribution in [-0.4, -0.2) is 74.0 Å². The molecule has 1 aromatic heterocycles. The van der Waals surface area contributed by atoms with E-state index in [2.05, 4.69) is 46.4 Å². The number of ether oxygens (including phenoxy) is 1. The smallest absolute Gasteiger partial charge is 0.248 e. The summed E-state index contributed by atoms with van der Waals surface area (Å²) in [7, 11) is 0. The van der Waals surface area contributed by atoms with Gasteiger partial charge in [-0.2, -0.15) is 5.26 Å². The third-order valence-electron chi connectivity index (χ3n) is 7.07. The third kappa shape index (κ3) is 5.46. The van der Waals surface area contributed by atoms with E-state index >= 15 is 0 Å². The first kappa shape index (κ1) is 24.9. The molecule has 2 aromatic carbocycles. The van der Waals surface area contributed by atoms with E-state index in [1.54, 1.807) is 23.1 Å². The van der Waals surface area contributed by atoms with Gasteiger partial charge in [0.2, 0.25) is 5.91 Å². The van der Waals surface area contributed by atoms with Gasteiger partial charge in [0.25, 0.3) is 0 Å². The lowest BCUT2D eigenvalue weighted by atomic mass is 10.0. The minimum absolute atomic E-state index is 0.0775. The number of piperidine rings is 1. The van der Waals surface area contributed by atoms with Crippen LogP contribution in [-0.2, 0) is 9.53 Å². The van der Waals surface area contributed by atoms with Crippen LogP contribution in [0.5, 0.6) is 0 Å². The van der Waals surface area contributed by atoms with Crippen LogP contribution in [0.15, 0.2) is 41.3 Å². The summed E-state index contributed by atoms with van der Waals surface area (Å²) in [4.78, 5) is 25.4. The molecule has 0 bridgehead atoms. The van der Waals surface area contributed by atoms with Crippen molar-refractivity contribution in [3.8, 4) is 6.07 Å². The molecule has 3 aromatic rings. The number of hydrogen-bond acceptors (Lipinski definition) is 8. The molecule has 0 saturated carbocycles. The van der Waals surface area contributed by atoms with Crippen LogP contribution < -0.4 is 9.80 Å². The normalized spacial score (nSPS) is 17.0. The van der Waals surface area contributed by atoms with Gasteiger partial charge in [-0.25, -0.2) is 4.98 Å². The fraction of sp³-hybridized carbons (Fsp3) is 0.444. The molecule has 188 valence electrons. The zero-order chi connectivity index (χ0) is 25.1. The lowest BCUT2D eigenvalue weighted by molar-refractivity contribution is -0.138. The Labute approximate surface area is 220 Å². The Morgan fingerprint density at radius 1 is 1.11 bits per heavy atom. The summed E-state index contributed by atoms with van der Waals surface area (Å²) in [5, 5.41) is 10.2. The van der Waals surface area contributed by atoms with Gasteiger partial charge >= 0.3 is 0 Å². The molecule has 0 unspecified atom stereocenters. The van der Waals surface area contributed by atoms with Gasteiger partial charge in [0.15, 0.2) is 5.13 Å². The van der Waals surface area contributed by atoms with E-state index in [4.69, 9.17) is 15.0 Å². The van der Waals surface area contributed by atoms with Crippen molar-refractivity contribution in [1.82, 2.24) is 9.88 Å². The van der Waals surface area contributed by atoms with E-state index in [-0.39, 0.29) is 18.6 Å². The largest absolute Gasteiger partial charge is 0.371 e. The topological polar surface area (TPSA) is 72.7 Å². The fourth-order valence-corrected chi connectivity index (χ4v) is 6.27. The van der Waals surface area contributed by atoms with Crippen molar-refractivity contribution >= 4 is 50.0 Å². The van der Waals surface area contributed by atoms with E-state index in [1.165, 1.54) is 9.60 Å². The molecule has 5 rings (SSSR count). The van der Waals surface area contributed by atoms with Crippen LogP contribution in [0.4, 0.5) is 10.8 Å². The van der Waals surface area contributed by atoms with Crippen molar-refractivity contribution in [3.63, 3.8) is 0 Å². The minimum atomic E-state index is 0.0775. The first-order chi connectivity index (χ1) is 17.5. The summed E-state index contributed by atoms with van der Waals surface area (Å²) in [6, 6.07) is 14.7. The maximum absolute atomic E-state index is 12.8. The van der Waals surface area contributed by atoms with E-state index in [1.807, 2.05) is 24.0 Å². The summed E-state index contributed by atoms with van der Waals surface area (Å²) in [5.74, 6) is 0.0775. The predicted octanol–water partition coefficient (Wildman–Crippen LogP) is 4.53. The minimum Gasteiger partial charge on any atom is -0.371 e. The van der Waals surface area contributed by atoms with Crippen LogP contribution in [0.1, 0.15) is 24.0 Å². The Kier molecular flexibility index (Phi) is 7.65. The highest BCUT2D eigenvalue weighted by Gasteiger charge is 2.25. The highest BCUT2D eigenvalue weighted by molar-refractivity contribution is 7.98. The molecule has 0 N–H and O–H groups in total. The number of aromatic nitrogens is 1. The number of rotatable bonds is 6. The number of fused-ring (bicyclic) bond motifs is 1. The number of nitrogens with zero attached hydrogens (tertiary/aromatic N) is 5. The summed E-state index contributed by atoms with van der Waals surface area (Å²) in [6.45, 7) is 6.90. The number of nitriles is 1. The highest BCUT2D eigenvalue weighted by atomic mass is 32.2. The third-order valence-corrected chi connectivity index (χ3v) is 8.89. The van der Waals surface area contributed by atoms with Crippen molar-refractivity contribution in [2.75, 3.05) is 61.9 Å². The molecule has 0 atom stereocenters. The molecule has 0 spiro atoms. The first-order valence-corrected chi connectivity index (χ1v) is 14.4. The van der Waals surface area contributed by atoms with Crippen molar-refractivity contribution in [2.24, 2.45) is 0 Å². The molecule has 2 saturated heterocycles. The van der Waals surface area contributed by atoms with E-state index in [0.717, 1.165) is 66.5 Å². The molecule has 9 heteroatoms. The number of benzene rings is 2. The number of carbonyl (C=O) groups is 1. The van der Waals surface area contributed by atoms with Gasteiger partial charge in [-0.05, 0) is 68.0 Å². The Morgan fingerprint density at radius 3 is 2.58 bits per heavy atom. The summed E-state index contributed by atoms with van der Waals surface area (Å²) in [6.07, 6.45) is 3.99. The second-order valence-electron chi connectivity index (χ2n) is 9.31. The molecule has 1 amide bonds. The molecular formula is C27H31N5O2S2. The maximum Gasteiger partial charge on any atom is 0.248 e. The standard InChI is InChI=1S/C27H31N5O2S2/c1-19-15-21(4-3-20(19)17-28)30-9-7-22(8-10-30)34-18-26(33)31-11-13-32(14-12-31)27-29-24-16-23(35-2)5-6-25(24)36-27/h3-6,15-16,22H,7-14,18H2,1-2H3. The molecule has 2 fully saturated rings. The second-order valence-corrected chi connectivity index (χ2v) is 11.2. The van der Waals surface area contributed by atoms with Crippen LogP contribution >= 0.6 is 23.1 Å². The zero-order valence-corrected chi connectivity index (χ0v) is 22.4. The van der Waals surface area contributed by atoms with E-state index < -0.39 is 0 Å². The molecule has 2 aliphatic heterocycles. The second kappa shape index (κ2) is 11.1. The molecular weight excluding hydrogens is 490 g/mol. The Bertz CT molecular complexity index is 1270. The maximum atomic E-state index is 12.8. The summed E-state index contributed by atoms with van der Waals surface area (Å²) in [5.41, 5.74) is 3.93. The van der Waals surface area contributed by atoms with Crippen molar-refractivity contribution < 1.29 is 9.53 Å². The van der Waals surface area contributed by atoms with Crippen molar-refractivity contribution in [3.05, 3.63) is 47.5 Å². The number of amides is 1. The molecule has 36 heavy (non-hydrogen) atoms. The van der Waals surface area contributed by atoms with Gasteiger partial charge in [-0.3, -0.25) is 4.79 Å². The summed E-state index contributed by atoms with van der Waals surface area (Å²) < 4.78 is 7.23. The van der Waals surface area contributed by atoms with E-state index in [0.29, 0.717) is 13.1 Å². The first-order valence-electron chi connectivity index (χ1n) is 12.4. The average molecular weight is 522 g/mol. The highest BCUT2D eigenvalue weighted by Crippen LogP contribution is 2.32. The Morgan fingerprint density at radius 2 is 1.89 bits per heavy atom. The van der Waals surface area contributed by atoms with Crippen LogP contribution in [0, 0.1) is 18.3 Å². The van der Waals surface area contributed by atoms with Gasteiger partial charge in [0.1, 0.15) is 6.61 Å². The van der Waals surface area contributed by atoms with Gasteiger partial charge < -0.3 is 19.4 Å². The molecule has 2 aliphatic rings.